The summed E-state index contributed by atoms with van der Waals surface area (Å²) in [5, 5.41) is 2.58. The quantitative estimate of drug-likeness (QED) is 0.171. The third kappa shape index (κ3) is 5.95. The Morgan fingerprint density at radius 1 is 0.600 bits per heavy atom. The SMILES string of the molecule is Cc1cc[c-]c(-c2cc(C)ccn2)c1.[Ir].[c-]1ccc2c(sc3ccccc32)c1-c1cc(-c2ccccc2)ccn1. The Bertz CT molecular complexity index is 1850. The number of hydrogen-bond acceptors (Lipinski definition) is 3. The number of pyridine rings is 2. The zero-order chi connectivity index (χ0) is 26.6. The first kappa shape index (κ1) is 27.6. The van der Waals surface area contributed by atoms with E-state index in [4.69, 9.17) is 0 Å². The molecule has 40 heavy (non-hydrogen) atoms. The van der Waals surface area contributed by atoms with Crippen LogP contribution >= 0.6 is 11.3 Å². The van der Waals surface area contributed by atoms with Crippen LogP contribution in [0.2, 0.25) is 0 Å². The summed E-state index contributed by atoms with van der Waals surface area (Å²) in [6, 6.07) is 44.1. The Kier molecular flexibility index (Phi) is 8.62. The van der Waals surface area contributed by atoms with Crippen LogP contribution in [0.15, 0.2) is 122 Å². The summed E-state index contributed by atoms with van der Waals surface area (Å²) < 4.78 is 2.55. The fourth-order valence-corrected chi connectivity index (χ4v) is 5.88. The minimum absolute atomic E-state index is 0. The van der Waals surface area contributed by atoms with Gasteiger partial charge >= 0.3 is 0 Å². The number of aryl methyl sites for hydroxylation is 2. The van der Waals surface area contributed by atoms with Crippen LogP contribution in [0.25, 0.3) is 53.8 Å². The van der Waals surface area contributed by atoms with E-state index in [1.165, 1.54) is 42.4 Å². The first-order chi connectivity index (χ1) is 19.2. The second-order valence-electron chi connectivity index (χ2n) is 9.49. The van der Waals surface area contributed by atoms with Crippen LogP contribution in [0.3, 0.4) is 0 Å². The molecule has 0 bridgehead atoms. The van der Waals surface area contributed by atoms with Crippen LogP contribution in [0.4, 0.5) is 0 Å². The van der Waals surface area contributed by atoms with Crippen molar-refractivity contribution in [3.63, 3.8) is 0 Å². The summed E-state index contributed by atoms with van der Waals surface area (Å²) in [5.74, 6) is 0. The van der Waals surface area contributed by atoms with Crippen molar-refractivity contribution in [3.8, 4) is 33.6 Å². The van der Waals surface area contributed by atoms with Crippen LogP contribution in [0.5, 0.6) is 0 Å². The van der Waals surface area contributed by atoms with Crippen molar-refractivity contribution in [3.05, 3.63) is 145 Å². The molecule has 4 heteroatoms. The van der Waals surface area contributed by atoms with E-state index in [0.29, 0.717) is 0 Å². The molecule has 0 fully saturated rings. The van der Waals surface area contributed by atoms with Gasteiger partial charge in [0.1, 0.15) is 0 Å². The maximum absolute atomic E-state index is 4.63. The number of fused-ring (bicyclic) bond motifs is 3. The molecule has 0 unspecified atom stereocenters. The summed E-state index contributed by atoms with van der Waals surface area (Å²) in [4.78, 5) is 8.95. The van der Waals surface area contributed by atoms with Crippen LogP contribution in [0, 0.1) is 26.0 Å². The third-order valence-electron chi connectivity index (χ3n) is 6.61. The first-order valence-corrected chi connectivity index (χ1v) is 13.7. The number of nitrogens with zero attached hydrogens (tertiary/aromatic N) is 2. The Morgan fingerprint density at radius 2 is 1.32 bits per heavy atom. The summed E-state index contributed by atoms with van der Waals surface area (Å²) in [6.07, 6.45) is 3.72. The van der Waals surface area contributed by atoms with Gasteiger partial charge in [0.25, 0.3) is 0 Å². The molecule has 0 atom stereocenters. The predicted molar refractivity (Wildman–Crippen MR) is 165 cm³/mol. The second-order valence-corrected chi connectivity index (χ2v) is 10.5. The molecule has 0 aliphatic rings. The van der Waals surface area contributed by atoms with Crippen LogP contribution in [0.1, 0.15) is 11.1 Å². The van der Waals surface area contributed by atoms with Crippen molar-refractivity contribution in [1.29, 1.82) is 0 Å². The van der Waals surface area contributed by atoms with Crippen LogP contribution in [-0.2, 0) is 20.1 Å². The molecule has 4 aromatic carbocycles. The Labute approximate surface area is 252 Å². The molecule has 3 heterocycles. The van der Waals surface area contributed by atoms with Crippen molar-refractivity contribution >= 4 is 31.5 Å². The summed E-state index contributed by atoms with van der Waals surface area (Å²) in [7, 11) is 0. The third-order valence-corrected chi connectivity index (χ3v) is 7.81. The van der Waals surface area contributed by atoms with Gasteiger partial charge in [0, 0.05) is 37.2 Å². The van der Waals surface area contributed by atoms with Gasteiger partial charge in [-0.25, -0.2) is 0 Å². The van der Waals surface area contributed by atoms with E-state index in [1.807, 2.05) is 54.1 Å². The Morgan fingerprint density at radius 3 is 2.15 bits per heavy atom. The first-order valence-electron chi connectivity index (χ1n) is 12.9. The molecule has 0 N–H and O–H groups in total. The van der Waals surface area contributed by atoms with E-state index >= 15 is 0 Å². The Hall–Kier alpha value is -3.95. The molecular formula is C36H26IrN2S-2. The largest absolute Gasteiger partial charge is 0.305 e. The van der Waals surface area contributed by atoms with Gasteiger partial charge in [0.2, 0.25) is 0 Å². The molecule has 2 nitrogen and oxygen atoms in total. The molecule has 7 rings (SSSR count). The maximum Gasteiger partial charge on any atom is 0.0239 e. The smallest absolute Gasteiger partial charge is 0.0239 e. The zero-order valence-electron chi connectivity index (χ0n) is 22.2. The van der Waals surface area contributed by atoms with Crippen molar-refractivity contribution in [2.75, 3.05) is 0 Å². The van der Waals surface area contributed by atoms with Gasteiger partial charge in [-0.15, -0.1) is 59.2 Å². The Balaban J connectivity index is 0.000000184. The second kappa shape index (κ2) is 12.5. The minimum Gasteiger partial charge on any atom is -0.305 e. The standard InChI is InChI=1S/C23H14NS.C13H12N.Ir/c1-2-7-16(8-3-1)17-13-14-24-21(15-17)20-11-6-10-19-18-9-4-5-12-22(18)25-23(19)20;1-10-4-3-5-12(8-10)13-9-11(2)6-7-14-13;/h1-10,12-15H;3-4,6-9H,1-2H3;/q2*-1;. The van der Waals surface area contributed by atoms with E-state index in [1.54, 1.807) is 0 Å². The van der Waals surface area contributed by atoms with Gasteiger partial charge in [-0.3, -0.25) is 0 Å². The van der Waals surface area contributed by atoms with E-state index in [2.05, 4.69) is 115 Å². The molecule has 0 saturated heterocycles. The number of aromatic nitrogens is 2. The molecular weight excluding hydrogens is 685 g/mol. The van der Waals surface area contributed by atoms with E-state index in [0.717, 1.165) is 22.5 Å². The molecule has 0 spiro atoms. The average molecular weight is 711 g/mol. The molecule has 197 valence electrons. The minimum atomic E-state index is 0. The predicted octanol–water partition coefficient (Wildman–Crippen LogP) is 9.75. The number of thiophene rings is 1. The number of rotatable bonds is 3. The van der Waals surface area contributed by atoms with Crippen LogP contribution < -0.4 is 0 Å². The monoisotopic (exact) mass is 711 g/mol. The van der Waals surface area contributed by atoms with E-state index in [-0.39, 0.29) is 20.1 Å². The summed E-state index contributed by atoms with van der Waals surface area (Å²) >= 11 is 1.81. The molecule has 0 aliphatic carbocycles. The van der Waals surface area contributed by atoms with Gasteiger partial charge < -0.3 is 9.97 Å². The van der Waals surface area contributed by atoms with Crippen molar-refractivity contribution in [2.45, 2.75) is 13.8 Å². The van der Waals surface area contributed by atoms with Crippen molar-refractivity contribution in [1.82, 2.24) is 9.97 Å². The molecule has 1 radical (unpaired) electrons. The van der Waals surface area contributed by atoms with Gasteiger partial charge in [-0.2, -0.15) is 11.3 Å². The fraction of sp³-hybridized carbons (Fsp3) is 0.0556. The van der Waals surface area contributed by atoms with Crippen molar-refractivity contribution in [2.24, 2.45) is 0 Å². The molecule has 0 aliphatic heterocycles. The topological polar surface area (TPSA) is 25.8 Å². The zero-order valence-corrected chi connectivity index (χ0v) is 25.4. The summed E-state index contributed by atoms with van der Waals surface area (Å²) in [6.45, 7) is 4.15. The maximum atomic E-state index is 4.63. The molecule has 7 aromatic rings. The van der Waals surface area contributed by atoms with Gasteiger partial charge in [0.05, 0.1) is 0 Å². The number of hydrogen-bond donors (Lipinski definition) is 0. The van der Waals surface area contributed by atoms with Crippen molar-refractivity contribution < 1.29 is 20.1 Å². The summed E-state index contributed by atoms with van der Waals surface area (Å²) in [5.41, 5.74) is 8.95. The molecule has 0 amide bonds. The van der Waals surface area contributed by atoms with Gasteiger partial charge in [-0.1, -0.05) is 78.5 Å². The van der Waals surface area contributed by atoms with E-state index in [9.17, 15) is 0 Å². The fourth-order valence-electron chi connectivity index (χ4n) is 4.67. The average Bonchev–Trinajstić information content (AvgIpc) is 3.37. The van der Waals surface area contributed by atoms with Gasteiger partial charge in [0.15, 0.2) is 0 Å². The van der Waals surface area contributed by atoms with Gasteiger partial charge in [-0.05, 0) is 57.7 Å². The normalized spacial score (nSPS) is 10.6. The molecule has 0 saturated carbocycles. The van der Waals surface area contributed by atoms with E-state index < -0.39 is 0 Å². The number of benzene rings is 4. The van der Waals surface area contributed by atoms with Crippen LogP contribution in [-0.4, -0.2) is 9.97 Å². The molecule has 3 aromatic heterocycles.